The molecule has 13 heteroatoms. The Labute approximate surface area is 182 Å². The maximum absolute atomic E-state index is 15.0. The third-order valence-corrected chi connectivity index (χ3v) is 6.74. The lowest BCUT2D eigenvalue weighted by Crippen LogP contribution is -2.42. The zero-order chi connectivity index (χ0) is 23.8. The summed E-state index contributed by atoms with van der Waals surface area (Å²) in [4.78, 5) is 23.9. The van der Waals surface area contributed by atoms with Gasteiger partial charge in [-0.15, -0.1) is 0 Å². The number of rotatable bonds is 6. The Morgan fingerprint density at radius 3 is 2.53 bits per heavy atom. The van der Waals surface area contributed by atoms with Crippen molar-refractivity contribution in [3.8, 4) is 0 Å². The number of amides is 2. The topological polar surface area (TPSA) is 141 Å². The number of carboxylic acid groups (broad SMARTS) is 1. The van der Waals surface area contributed by atoms with E-state index in [4.69, 9.17) is 5.11 Å². The fourth-order valence-electron chi connectivity index (χ4n) is 3.54. The number of sulfonamides is 1. The van der Waals surface area contributed by atoms with Crippen molar-refractivity contribution in [2.45, 2.75) is 17.9 Å². The number of aromatic nitrogens is 1. The van der Waals surface area contributed by atoms with Crippen molar-refractivity contribution in [1.29, 1.82) is 0 Å². The second kappa shape index (κ2) is 8.84. The Morgan fingerprint density at radius 2 is 1.94 bits per heavy atom. The normalized spacial score (nSPS) is 18.7. The number of benzene rings is 1. The lowest BCUT2D eigenvalue weighted by Gasteiger charge is -2.17. The fourth-order valence-corrected chi connectivity index (χ4v) is 4.96. The van der Waals surface area contributed by atoms with Crippen LogP contribution in [0, 0.1) is 24.5 Å². The summed E-state index contributed by atoms with van der Waals surface area (Å²) in [6.07, 6.45) is -0.355. The molecule has 1 aliphatic heterocycles. The molecule has 174 valence electrons. The number of nitrogens with one attached hydrogen (secondary N) is 2. The van der Waals surface area contributed by atoms with E-state index in [-0.39, 0.29) is 24.3 Å². The number of carbonyl (C=O) groups excluding carboxylic acids is 1. The highest BCUT2D eigenvalue weighted by molar-refractivity contribution is 7.89. The molecule has 1 aliphatic rings. The highest BCUT2D eigenvalue weighted by Crippen LogP contribution is 2.24. The Hall–Kier alpha value is -3.03. The monoisotopic (exact) mass is 472 g/mol. The van der Waals surface area contributed by atoms with Crippen molar-refractivity contribution < 1.29 is 37.0 Å². The highest BCUT2D eigenvalue weighted by Gasteiger charge is 2.39. The molecule has 0 unspecified atom stereocenters. The summed E-state index contributed by atoms with van der Waals surface area (Å²) in [5, 5.41) is 20.9. The predicted octanol–water partition coefficient (Wildman–Crippen LogP) is 1.11. The summed E-state index contributed by atoms with van der Waals surface area (Å²) in [6.45, 7) is 0.712. The number of hydrogen-bond acceptors (Lipinski definition) is 5. The van der Waals surface area contributed by atoms with E-state index in [0.29, 0.717) is 0 Å². The van der Waals surface area contributed by atoms with Crippen LogP contribution in [0.25, 0.3) is 0 Å². The first-order chi connectivity index (χ1) is 14.9. The van der Waals surface area contributed by atoms with Crippen molar-refractivity contribution in [2.75, 3.05) is 25.0 Å². The molecule has 0 radical (unpaired) electrons. The molecule has 1 fully saturated rings. The maximum Gasteiger partial charge on any atom is 0.407 e. The van der Waals surface area contributed by atoms with E-state index in [9.17, 15) is 27.5 Å². The van der Waals surface area contributed by atoms with Crippen LogP contribution < -0.4 is 10.0 Å². The highest BCUT2D eigenvalue weighted by atomic mass is 32.2. The van der Waals surface area contributed by atoms with Gasteiger partial charge in [-0.2, -0.15) is 0 Å². The first-order valence-electron chi connectivity index (χ1n) is 9.48. The number of aliphatic hydroxyl groups is 1. The molecule has 4 N–H and O–H groups in total. The first-order valence-corrected chi connectivity index (χ1v) is 11.0. The first kappa shape index (κ1) is 23.6. The van der Waals surface area contributed by atoms with Crippen molar-refractivity contribution in [1.82, 2.24) is 14.2 Å². The van der Waals surface area contributed by atoms with Gasteiger partial charge in [0.05, 0.1) is 0 Å². The van der Waals surface area contributed by atoms with E-state index in [1.54, 1.807) is 0 Å². The van der Waals surface area contributed by atoms with Gasteiger partial charge in [0, 0.05) is 50.6 Å². The van der Waals surface area contributed by atoms with Gasteiger partial charge in [0.15, 0.2) is 5.82 Å². The van der Waals surface area contributed by atoms with E-state index in [1.807, 2.05) is 0 Å². The Kier molecular flexibility index (Phi) is 6.53. The molecular formula is C19H22F2N4O6S. The Morgan fingerprint density at radius 1 is 1.25 bits per heavy atom. The SMILES string of the molecule is Cc1cc(NC(=O)c2c(F)c(S(=O)(=O)N[C@H]3CN(C(=O)O)C[C@H]3CO)cn2C)ccc1F. The second-order valence-electron chi connectivity index (χ2n) is 7.54. The third-order valence-electron chi connectivity index (χ3n) is 5.26. The molecule has 1 aromatic carbocycles. The van der Waals surface area contributed by atoms with Crippen LogP contribution >= 0.6 is 0 Å². The van der Waals surface area contributed by atoms with Crippen LogP contribution in [0.5, 0.6) is 0 Å². The van der Waals surface area contributed by atoms with Gasteiger partial charge in [0.1, 0.15) is 16.4 Å². The van der Waals surface area contributed by atoms with Crippen LogP contribution in [0.3, 0.4) is 0 Å². The summed E-state index contributed by atoms with van der Waals surface area (Å²) in [7, 11) is -3.21. The number of aryl methyl sites for hydroxylation is 2. The number of nitrogens with zero attached hydrogens (tertiary/aromatic N) is 2. The summed E-state index contributed by atoms with van der Waals surface area (Å²) in [5.41, 5.74) is -0.111. The molecule has 3 rings (SSSR count). The van der Waals surface area contributed by atoms with Crippen LogP contribution in [0.15, 0.2) is 29.3 Å². The van der Waals surface area contributed by atoms with E-state index in [1.165, 1.54) is 26.1 Å². The lowest BCUT2D eigenvalue weighted by atomic mass is 10.1. The summed E-state index contributed by atoms with van der Waals surface area (Å²) < 4.78 is 57.2. The maximum atomic E-state index is 15.0. The van der Waals surface area contributed by atoms with Crippen molar-refractivity contribution in [2.24, 2.45) is 13.0 Å². The Bertz CT molecular complexity index is 1170. The predicted molar refractivity (Wildman–Crippen MR) is 109 cm³/mol. The van der Waals surface area contributed by atoms with E-state index >= 15 is 4.39 Å². The Balaban J connectivity index is 1.84. The minimum Gasteiger partial charge on any atom is -0.465 e. The van der Waals surface area contributed by atoms with Gasteiger partial charge in [-0.1, -0.05) is 0 Å². The van der Waals surface area contributed by atoms with Crippen molar-refractivity contribution >= 4 is 27.7 Å². The summed E-state index contributed by atoms with van der Waals surface area (Å²) >= 11 is 0. The molecule has 10 nitrogen and oxygen atoms in total. The smallest absolute Gasteiger partial charge is 0.407 e. The van der Waals surface area contributed by atoms with Gasteiger partial charge in [-0.05, 0) is 30.7 Å². The molecule has 0 bridgehead atoms. The minimum absolute atomic E-state index is 0.0823. The van der Waals surface area contributed by atoms with Crippen LogP contribution in [-0.4, -0.2) is 65.8 Å². The van der Waals surface area contributed by atoms with E-state index in [2.05, 4.69) is 10.0 Å². The number of carbonyl (C=O) groups is 2. The number of likely N-dealkylation sites (tertiary alicyclic amines) is 1. The molecule has 2 amide bonds. The van der Waals surface area contributed by atoms with Gasteiger partial charge < -0.3 is 25.0 Å². The molecule has 0 spiro atoms. The van der Waals surface area contributed by atoms with Gasteiger partial charge in [0.25, 0.3) is 5.91 Å². The quantitative estimate of drug-likeness (QED) is 0.497. The second-order valence-corrected chi connectivity index (χ2v) is 9.23. The average molecular weight is 472 g/mol. The van der Waals surface area contributed by atoms with Gasteiger partial charge in [-0.3, -0.25) is 4.79 Å². The van der Waals surface area contributed by atoms with Crippen LogP contribution in [0.2, 0.25) is 0 Å². The molecule has 2 heterocycles. The number of hydrogen-bond donors (Lipinski definition) is 4. The largest absolute Gasteiger partial charge is 0.465 e. The molecule has 2 aromatic rings. The van der Waals surface area contributed by atoms with Crippen LogP contribution in [0.4, 0.5) is 19.3 Å². The minimum atomic E-state index is -4.49. The van der Waals surface area contributed by atoms with E-state index < -0.39 is 62.8 Å². The molecule has 0 saturated carbocycles. The van der Waals surface area contributed by atoms with Gasteiger partial charge in [0.2, 0.25) is 10.0 Å². The molecule has 1 saturated heterocycles. The molecule has 2 atom stereocenters. The average Bonchev–Trinajstić information content (AvgIpc) is 3.24. The third kappa shape index (κ3) is 4.59. The lowest BCUT2D eigenvalue weighted by molar-refractivity contribution is 0.101. The zero-order valence-corrected chi connectivity index (χ0v) is 18.0. The molecule has 1 aromatic heterocycles. The molecule has 32 heavy (non-hydrogen) atoms. The summed E-state index contributed by atoms with van der Waals surface area (Å²) in [5.74, 6) is -3.44. The fraction of sp³-hybridized carbons (Fsp3) is 0.368. The standard InChI is InChI=1S/C19H22F2N4O6S/c1-10-5-12(3-4-13(10)20)22-18(27)17-16(21)15(8-24(17)2)32(30,31)23-14-7-25(19(28)29)6-11(14)9-26/h3-5,8,11,14,23,26H,6-7,9H2,1-2H3,(H,22,27)(H,28,29)/t11-,14-/m0/s1. The number of aliphatic hydroxyl groups excluding tert-OH is 1. The summed E-state index contributed by atoms with van der Waals surface area (Å²) in [6, 6.07) is 2.78. The number of anilines is 1. The van der Waals surface area contributed by atoms with Gasteiger partial charge >= 0.3 is 6.09 Å². The van der Waals surface area contributed by atoms with Gasteiger partial charge in [-0.25, -0.2) is 26.7 Å². The van der Waals surface area contributed by atoms with Crippen molar-refractivity contribution in [3.05, 3.63) is 47.3 Å². The van der Waals surface area contributed by atoms with Crippen molar-refractivity contribution in [3.63, 3.8) is 0 Å². The number of halogens is 2. The molecular weight excluding hydrogens is 450 g/mol. The zero-order valence-electron chi connectivity index (χ0n) is 17.2. The van der Waals surface area contributed by atoms with Crippen LogP contribution in [0.1, 0.15) is 16.1 Å². The van der Waals surface area contributed by atoms with Crippen LogP contribution in [-0.2, 0) is 17.1 Å². The van der Waals surface area contributed by atoms with E-state index in [0.717, 1.165) is 21.7 Å². The molecule has 0 aliphatic carbocycles.